The number of aromatic nitrogens is 1. The van der Waals surface area contributed by atoms with E-state index in [1.807, 2.05) is 6.08 Å². The van der Waals surface area contributed by atoms with Crippen molar-refractivity contribution in [2.24, 2.45) is 15.7 Å². The summed E-state index contributed by atoms with van der Waals surface area (Å²) in [5.41, 5.74) is 7.60. The fourth-order valence-electron chi connectivity index (χ4n) is 2.75. The molecule has 0 unspecified atom stereocenters. The molecule has 1 aromatic heterocycles. The Bertz CT molecular complexity index is 999. The number of aliphatic imine (C=N–C) groups is 2. The summed E-state index contributed by atoms with van der Waals surface area (Å²) >= 11 is 6.03. The number of amidine groups is 1. The van der Waals surface area contributed by atoms with Crippen LogP contribution in [0.3, 0.4) is 0 Å². The van der Waals surface area contributed by atoms with E-state index in [9.17, 15) is 13.6 Å². The maximum Gasteiger partial charge on any atom is 0.272 e. The van der Waals surface area contributed by atoms with E-state index in [-0.39, 0.29) is 34.6 Å². The zero-order valence-electron chi connectivity index (χ0n) is 18.3. The summed E-state index contributed by atoms with van der Waals surface area (Å²) in [4.78, 5) is 26.1. The molecule has 9 nitrogen and oxygen atoms in total. The first kappa shape index (κ1) is 26.1. The van der Waals surface area contributed by atoms with Gasteiger partial charge in [0.05, 0.1) is 11.6 Å². The number of nitrogens with one attached hydrogen (secondary N) is 2. The maximum absolute atomic E-state index is 13.3. The van der Waals surface area contributed by atoms with Crippen molar-refractivity contribution in [3.05, 3.63) is 47.3 Å². The minimum atomic E-state index is -2.98. The predicted molar refractivity (Wildman–Crippen MR) is 124 cm³/mol. The Labute approximate surface area is 195 Å². The van der Waals surface area contributed by atoms with Crippen LogP contribution in [-0.2, 0) is 10.7 Å². The van der Waals surface area contributed by atoms with Gasteiger partial charge in [-0.2, -0.15) is 4.99 Å². The SMILES string of the molecule is C/C(=C\N=C(CCl)C1=CCN(C(N)=Nc2ccc(C(C)(F)F)cn2)CC1)C(=O)NC(=N)CO. The van der Waals surface area contributed by atoms with Gasteiger partial charge in [0.2, 0.25) is 0 Å². The van der Waals surface area contributed by atoms with Crippen molar-refractivity contribution in [1.29, 1.82) is 5.41 Å². The Morgan fingerprint density at radius 2 is 2.21 bits per heavy atom. The third kappa shape index (κ3) is 7.72. The minimum absolute atomic E-state index is 0.131. The standard InChI is InChI=1S/C21H26ClF2N7O2/c1-13(19(33)29-17(25)12-32)10-27-16(9-22)14-5-7-31(8-6-14)20(26)30-18-4-3-15(11-28-18)21(2,23)24/h3-5,10-11,32H,6-9,12H2,1-2H3,(H2,25,29,33)(H2,26,28,30)/b13-10+,27-16?. The molecule has 0 saturated heterocycles. The Balaban J connectivity index is 2.06. The molecule has 0 atom stereocenters. The molecule has 1 aliphatic heterocycles. The second-order valence-corrected chi connectivity index (χ2v) is 7.57. The first-order valence-corrected chi connectivity index (χ1v) is 10.5. The van der Waals surface area contributed by atoms with Crippen LogP contribution in [0.25, 0.3) is 0 Å². The number of carbonyl (C=O) groups is 1. The molecule has 0 fully saturated rings. The van der Waals surface area contributed by atoms with Crippen LogP contribution in [0.4, 0.5) is 14.6 Å². The summed E-state index contributed by atoms with van der Waals surface area (Å²) in [5.74, 6) is -3.26. The third-order valence-electron chi connectivity index (χ3n) is 4.71. The first-order valence-electron chi connectivity index (χ1n) is 9.97. The van der Waals surface area contributed by atoms with E-state index in [2.05, 4.69) is 20.3 Å². The van der Waals surface area contributed by atoms with Gasteiger partial charge in [-0.3, -0.25) is 15.2 Å². The van der Waals surface area contributed by atoms with Crippen LogP contribution in [0.1, 0.15) is 25.8 Å². The van der Waals surface area contributed by atoms with Gasteiger partial charge in [0.1, 0.15) is 12.4 Å². The summed E-state index contributed by atoms with van der Waals surface area (Å²) in [6.07, 6.45) is 4.90. The number of hydrogen-bond acceptors (Lipinski definition) is 6. The number of nitrogens with zero attached hydrogens (tertiary/aromatic N) is 4. The van der Waals surface area contributed by atoms with Crippen molar-refractivity contribution >= 4 is 40.8 Å². The zero-order valence-corrected chi connectivity index (χ0v) is 19.0. The molecule has 0 radical (unpaired) electrons. The van der Waals surface area contributed by atoms with Crippen LogP contribution in [0.15, 0.2) is 51.7 Å². The van der Waals surface area contributed by atoms with Gasteiger partial charge in [0.25, 0.3) is 11.8 Å². The van der Waals surface area contributed by atoms with Crippen LogP contribution in [0.5, 0.6) is 0 Å². The van der Waals surface area contributed by atoms with Crippen molar-refractivity contribution in [3.63, 3.8) is 0 Å². The molecule has 0 spiro atoms. The average Bonchev–Trinajstić information content (AvgIpc) is 2.79. The summed E-state index contributed by atoms with van der Waals surface area (Å²) in [7, 11) is 0. The highest BCUT2D eigenvalue weighted by atomic mass is 35.5. The molecule has 5 N–H and O–H groups in total. The summed E-state index contributed by atoms with van der Waals surface area (Å²) in [6.45, 7) is 2.72. The number of amides is 1. The lowest BCUT2D eigenvalue weighted by Gasteiger charge is -2.27. The van der Waals surface area contributed by atoms with E-state index in [4.69, 9.17) is 27.9 Å². The van der Waals surface area contributed by atoms with Crippen molar-refractivity contribution in [1.82, 2.24) is 15.2 Å². The van der Waals surface area contributed by atoms with Gasteiger partial charge >= 0.3 is 0 Å². The lowest BCUT2D eigenvalue weighted by molar-refractivity contribution is -0.116. The van der Waals surface area contributed by atoms with Crippen molar-refractivity contribution in [3.8, 4) is 0 Å². The van der Waals surface area contributed by atoms with Crippen LogP contribution in [0.2, 0.25) is 0 Å². The summed E-state index contributed by atoms with van der Waals surface area (Å²) in [5, 5.41) is 18.3. The fourth-order valence-corrected chi connectivity index (χ4v) is 2.99. The third-order valence-corrected chi connectivity index (χ3v) is 4.96. The lowest BCUT2D eigenvalue weighted by Crippen LogP contribution is -2.40. The van der Waals surface area contributed by atoms with Gasteiger partial charge in [-0.25, -0.2) is 13.8 Å². The molecule has 2 heterocycles. The summed E-state index contributed by atoms with van der Waals surface area (Å²) in [6, 6.07) is 2.65. The topological polar surface area (TPSA) is 140 Å². The number of halogens is 3. The number of guanidine groups is 1. The molecule has 33 heavy (non-hydrogen) atoms. The molecule has 2 rings (SSSR count). The molecule has 0 saturated carbocycles. The lowest BCUT2D eigenvalue weighted by atomic mass is 10.0. The van der Waals surface area contributed by atoms with Gasteiger partial charge < -0.3 is 21.1 Å². The maximum atomic E-state index is 13.3. The summed E-state index contributed by atoms with van der Waals surface area (Å²) < 4.78 is 26.6. The fraction of sp³-hybridized carbons (Fsp3) is 0.381. The van der Waals surface area contributed by atoms with Gasteiger partial charge in [-0.1, -0.05) is 6.08 Å². The molecule has 0 aliphatic carbocycles. The molecule has 178 valence electrons. The zero-order chi connectivity index (χ0) is 24.6. The molecule has 12 heteroatoms. The Morgan fingerprint density at radius 3 is 2.73 bits per heavy atom. The van der Waals surface area contributed by atoms with Gasteiger partial charge in [-0.05, 0) is 31.1 Å². The van der Waals surface area contributed by atoms with E-state index < -0.39 is 18.4 Å². The van der Waals surface area contributed by atoms with Gasteiger partial charge in [0, 0.05) is 43.5 Å². The number of pyridine rings is 1. The van der Waals surface area contributed by atoms with E-state index in [1.54, 1.807) is 4.90 Å². The molecule has 1 aromatic rings. The van der Waals surface area contributed by atoms with E-state index in [0.29, 0.717) is 25.2 Å². The number of aliphatic hydroxyl groups is 1. The highest BCUT2D eigenvalue weighted by Gasteiger charge is 2.24. The minimum Gasteiger partial charge on any atom is -0.388 e. The first-order chi connectivity index (χ1) is 15.5. The highest BCUT2D eigenvalue weighted by Crippen LogP contribution is 2.27. The van der Waals surface area contributed by atoms with E-state index >= 15 is 0 Å². The quantitative estimate of drug-likeness (QED) is 0.205. The van der Waals surface area contributed by atoms with Crippen molar-refractivity contribution in [2.45, 2.75) is 26.2 Å². The van der Waals surface area contributed by atoms with Crippen LogP contribution in [0, 0.1) is 5.41 Å². The average molecular weight is 482 g/mol. The van der Waals surface area contributed by atoms with Crippen LogP contribution < -0.4 is 11.1 Å². The van der Waals surface area contributed by atoms with Crippen LogP contribution >= 0.6 is 11.6 Å². The molecule has 0 aromatic carbocycles. The Morgan fingerprint density at radius 1 is 1.48 bits per heavy atom. The Kier molecular flexibility index (Phi) is 9.18. The number of rotatable bonds is 7. The molecule has 1 amide bonds. The smallest absolute Gasteiger partial charge is 0.272 e. The van der Waals surface area contributed by atoms with Crippen LogP contribution in [-0.4, -0.2) is 64.0 Å². The second-order valence-electron chi connectivity index (χ2n) is 7.30. The number of carbonyl (C=O) groups excluding carboxylic acids is 1. The Hall–Kier alpha value is -3.18. The predicted octanol–water partition coefficient (Wildman–Crippen LogP) is 2.44. The highest BCUT2D eigenvalue weighted by molar-refractivity contribution is 6.31. The molecular formula is C21H26ClF2N7O2. The second kappa shape index (κ2) is 11.6. The van der Waals surface area contributed by atoms with Crippen molar-refractivity contribution < 1.29 is 18.7 Å². The van der Waals surface area contributed by atoms with E-state index in [0.717, 1.165) is 18.7 Å². The van der Waals surface area contributed by atoms with Gasteiger partial charge in [-0.15, -0.1) is 11.6 Å². The van der Waals surface area contributed by atoms with E-state index in [1.165, 1.54) is 25.3 Å². The van der Waals surface area contributed by atoms with Crippen molar-refractivity contribution in [2.75, 3.05) is 25.6 Å². The normalized spacial score (nSPS) is 15.9. The largest absolute Gasteiger partial charge is 0.388 e. The number of aliphatic hydroxyl groups excluding tert-OH is 1. The monoisotopic (exact) mass is 481 g/mol. The molecular weight excluding hydrogens is 456 g/mol. The number of hydrogen-bond donors (Lipinski definition) is 4. The molecule has 1 aliphatic rings. The number of nitrogens with two attached hydrogens (primary N) is 1. The number of alkyl halides is 3. The molecule has 0 bridgehead atoms. The van der Waals surface area contributed by atoms with Gasteiger partial charge in [0.15, 0.2) is 11.8 Å².